The van der Waals surface area contributed by atoms with Gasteiger partial charge in [0.15, 0.2) is 0 Å². The highest BCUT2D eigenvalue weighted by molar-refractivity contribution is 6.30. The maximum atomic E-state index is 12.2. The number of amides is 1. The first-order valence-corrected chi connectivity index (χ1v) is 9.16. The minimum Gasteiger partial charge on any atom is -0.378 e. The summed E-state index contributed by atoms with van der Waals surface area (Å²) < 4.78 is 5.84. The molecule has 1 aliphatic heterocycles. The molecule has 2 aromatic rings. The van der Waals surface area contributed by atoms with E-state index in [4.69, 9.17) is 16.3 Å². The van der Waals surface area contributed by atoms with Crippen molar-refractivity contribution in [2.75, 3.05) is 11.9 Å². The highest BCUT2D eigenvalue weighted by Crippen LogP contribution is 2.27. The Bertz CT molecular complexity index is 712. The summed E-state index contributed by atoms with van der Waals surface area (Å²) >= 11 is 5.85. The topological polar surface area (TPSA) is 38.3 Å². The average molecular weight is 358 g/mol. The summed E-state index contributed by atoms with van der Waals surface area (Å²) in [5.74, 6) is 1.05. The van der Waals surface area contributed by atoms with Gasteiger partial charge in [-0.05, 0) is 73.6 Å². The first kappa shape index (κ1) is 18.0. The first-order valence-electron chi connectivity index (χ1n) is 8.78. The van der Waals surface area contributed by atoms with Crippen molar-refractivity contribution in [3.8, 4) is 0 Å². The van der Waals surface area contributed by atoms with Gasteiger partial charge in [0.25, 0.3) is 5.91 Å². The molecule has 3 atom stereocenters. The summed E-state index contributed by atoms with van der Waals surface area (Å²) in [6.07, 6.45) is 2.58. The van der Waals surface area contributed by atoms with Crippen molar-refractivity contribution in [2.45, 2.75) is 32.8 Å². The smallest absolute Gasteiger partial charge is 0.255 e. The van der Waals surface area contributed by atoms with Crippen molar-refractivity contribution in [3.63, 3.8) is 0 Å². The Morgan fingerprint density at radius 1 is 1.12 bits per heavy atom. The lowest BCUT2D eigenvalue weighted by atomic mass is 9.86. The molecule has 2 aromatic carbocycles. The normalized spacial score (nSPS) is 23.2. The van der Waals surface area contributed by atoms with Crippen LogP contribution in [0.25, 0.3) is 0 Å². The lowest BCUT2D eigenvalue weighted by Crippen LogP contribution is -2.31. The van der Waals surface area contributed by atoms with Gasteiger partial charge in [-0.15, -0.1) is 0 Å². The van der Waals surface area contributed by atoms with E-state index >= 15 is 0 Å². The van der Waals surface area contributed by atoms with Gasteiger partial charge in [-0.25, -0.2) is 0 Å². The molecule has 0 spiro atoms. The summed E-state index contributed by atoms with van der Waals surface area (Å²) in [5.41, 5.74) is 2.67. The highest BCUT2D eigenvalue weighted by atomic mass is 35.5. The molecule has 1 heterocycles. The average Bonchev–Trinajstić information content (AvgIpc) is 2.60. The van der Waals surface area contributed by atoms with E-state index in [0.717, 1.165) is 18.7 Å². The molecule has 3 unspecified atom stereocenters. The van der Waals surface area contributed by atoms with Crippen LogP contribution in [0.4, 0.5) is 5.69 Å². The van der Waals surface area contributed by atoms with Gasteiger partial charge in [0.1, 0.15) is 0 Å². The van der Waals surface area contributed by atoms with Crippen LogP contribution in [0.3, 0.4) is 0 Å². The number of halogens is 1. The van der Waals surface area contributed by atoms with Gasteiger partial charge in [0, 0.05) is 16.3 Å². The van der Waals surface area contributed by atoms with Crippen LogP contribution in [-0.4, -0.2) is 18.6 Å². The van der Waals surface area contributed by atoms with Crippen molar-refractivity contribution in [1.29, 1.82) is 0 Å². The first-order chi connectivity index (χ1) is 12.0. The number of carbonyl (C=O) groups is 1. The van der Waals surface area contributed by atoms with Crippen LogP contribution >= 0.6 is 11.6 Å². The standard InChI is InChI=1S/C21H24ClNO2/c1-14-11-17(13-25-15(14)2)12-16-3-9-20(10-4-16)23-21(24)18-5-7-19(22)8-6-18/h3-10,14-15,17H,11-13H2,1-2H3,(H,23,24). The lowest BCUT2D eigenvalue weighted by Gasteiger charge is -2.32. The second-order valence-corrected chi connectivity index (χ2v) is 7.42. The zero-order valence-corrected chi connectivity index (χ0v) is 15.4. The number of carbonyl (C=O) groups excluding carboxylic acids is 1. The van der Waals surface area contributed by atoms with E-state index in [9.17, 15) is 4.79 Å². The van der Waals surface area contributed by atoms with E-state index in [1.54, 1.807) is 24.3 Å². The number of rotatable bonds is 4. The molecule has 0 aliphatic carbocycles. The summed E-state index contributed by atoms with van der Waals surface area (Å²) in [6.45, 7) is 5.24. The lowest BCUT2D eigenvalue weighted by molar-refractivity contribution is -0.0397. The Morgan fingerprint density at radius 3 is 2.44 bits per heavy atom. The molecular weight excluding hydrogens is 334 g/mol. The van der Waals surface area contributed by atoms with Gasteiger partial charge >= 0.3 is 0 Å². The molecule has 1 aliphatic rings. The molecule has 0 saturated carbocycles. The molecule has 3 nitrogen and oxygen atoms in total. The number of ether oxygens (including phenoxy) is 1. The Morgan fingerprint density at radius 2 is 1.80 bits per heavy atom. The minimum atomic E-state index is -0.132. The van der Waals surface area contributed by atoms with E-state index in [1.807, 2.05) is 12.1 Å². The third-order valence-electron chi connectivity index (χ3n) is 4.94. The maximum Gasteiger partial charge on any atom is 0.255 e. The summed E-state index contributed by atoms with van der Waals surface area (Å²) in [6, 6.07) is 15.0. The van der Waals surface area contributed by atoms with Crippen LogP contribution < -0.4 is 5.32 Å². The van der Waals surface area contributed by atoms with Crippen LogP contribution in [0, 0.1) is 11.8 Å². The fourth-order valence-electron chi connectivity index (χ4n) is 3.24. The zero-order valence-electron chi connectivity index (χ0n) is 14.7. The van der Waals surface area contributed by atoms with E-state index < -0.39 is 0 Å². The molecule has 132 valence electrons. The highest BCUT2D eigenvalue weighted by Gasteiger charge is 2.25. The summed E-state index contributed by atoms with van der Waals surface area (Å²) in [5, 5.41) is 3.54. The van der Waals surface area contributed by atoms with Crippen molar-refractivity contribution in [1.82, 2.24) is 0 Å². The molecule has 4 heteroatoms. The molecule has 3 rings (SSSR count). The van der Waals surface area contributed by atoms with E-state index in [1.165, 1.54) is 12.0 Å². The van der Waals surface area contributed by atoms with Crippen LogP contribution in [0.1, 0.15) is 36.2 Å². The quantitative estimate of drug-likeness (QED) is 0.817. The van der Waals surface area contributed by atoms with Crippen LogP contribution in [0.15, 0.2) is 48.5 Å². The van der Waals surface area contributed by atoms with Gasteiger partial charge in [0.2, 0.25) is 0 Å². The van der Waals surface area contributed by atoms with Crippen molar-refractivity contribution < 1.29 is 9.53 Å². The Labute approximate surface area is 154 Å². The molecule has 1 fully saturated rings. The van der Waals surface area contributed by atoms with Gasteiger partial charge in [-0.1, -0.05) is 30.7 Å². The molecule has 0 bridgehead atoms. The van der Waals surface area contributed by atoms with Crippen molar-refractivity contribution in [3.05, 3.63) is 64.7 Å². The predicted molar refractivity (Wildman–Crippen MR) is 102 cm³/mol. The molecule has 1 N–H and O–H groups in total. The molecule has 1 amide bonds. The third kappa shape index (κ3) is 4.83. The van der Waals surface area contributed by atoms with Crippen molar-refractivity contribution >= 4 is 23.2 Å². The SMILES string of the molecule is CC1CC(Cc2ccc(NC(=O)c3ccc(Cl)cc3)cc2)COC1C. The van der Waals surface area contributed by atoms with Crippen LogP contribution in [0.2, 0.25) is 5.02 Å². The summed E-state index contributed by atoms with van der Waals surface area (Å²) in [7, 11) is 0. The fourth-order valence-corrected chi connectivity index (χ4v) is 3.37. The van der Waals surface area contributed by atoms with Gasteiger partial charge in [0.05, 0.1) is 12.7 Å². The fraction of sp³-hybridized carbons (Fsp3) is 0.381. The van der Waals surface area contributed by atoms with Crippen molar-refractivity contribution in [2.24, 2.45) is 11.8 Å². The third-order valence-corrected chi connectivity index (χ3v) is 5.20. The Hall–Kier alpha value is -1.84. The number of hydrogen-bond acceptors (Lipinski definition) is 2. The largest absolute Gasteiger partial charge is 0.378 e. The molecule has 0 aromatic heterocycles. The van der Waals surface area contributed by atoms with Gasteiger partial charge in [-0.2, -0.15) is 0 Å². The predicted octanol–water partition coefficient (Wildman–Crippen LogP) is 5.20. The van der Waals surface area contributed by atoms with E-state index in [0.29, 0.717) is 28.5 Å². The number of hydrogen-bond donors (Lipinski definition) is 1. The van der Waals surface area contributed by atoms with E-state index in [-0.39, 0.29) is 5.91 Å². The number of anilines is 1. The summed E-state index contributed by atoms with van der Waals surface area (Å²) in [4.78, 5) is 12.2. The molecular formula is C21H24ClNO2. The van der Waals surface area contributed by atoms with Gasteiger partial charge in [-0.3, -0.25) is 4.79 Å². The van der Waals surface area contributed by atoms with Crippen LogP contribution in [0.5, 0.6) is 0 Å². The minimum absolute atomic E-state index is 0.132. The number of nitrogens with one attached hydrogen (secondary N) is 1. The Kier molecular flexibility index (Phi) is 5.77. The Balaban J connectivity index is 1.57. The number of benzene rings is 2. The molecule has 0 radical (unpaired) electrons. The second-order valence-electron chi connectivity index (χ2n) is 6.98. The van der Waals surface area contributed by atoms with E-state index in [2.05, 4.69) is 31.3 Å². The molecule has 1 saturated heterocycles. The monoisotopic (exact) mass is 357 g/mol. The maximum absolute atomic E-state index is 12.2. The van der Waals surface area contributed by atoms with Crippen LogP contribution in [-0.2, 0) is 11.2 Å². The molecule has 25 heavy (non-hydrogen) atoms. The zero-order chi connectivity index (χ0) is 17.8. The van der Waals surface area contributed by atoms with Gasteiger partial charge < -0.3 is 10.1 Å². The second kappa shape index (κ2) is 8.03.